The van der Waals surface area contributed by atoms with Gasteiger partial charge in [0.05, 0.1) is 0 Å². The lowest BCUT2D eigenvalue weighted by molar-refractivity contribution is 0.171. The molecule has 0 amide bonds. The Labute approximate surface area is 214 Å². The maximum Gasteiger partial charge on any atom is 0.332 e. The molecule has 37 heavy (non-hydrogen) atoms. The van der Waals surface area contributed by atoms with Crippen LogP contribution >= 0.6 is 0 Å². The number of nitrogens with zero attached hydrogens (tertiary/aromatic N) is 4. The van der Waals surface area contributed by atoms with E-state index in [1.807, 2.05) is 44.2 Å². The largest absolute Gasteiger partial charge is 0.490 e. The molecule has 1 aliphatic rings. The average molecular weight is 506 g/mol. The molecule has 194 valence electrons. The summed E-state index contributed by atoms with van der Waals surface area (Å²) in [6.45, 7) is 6.41. The smallest absolute Gasteiger partial charge is 0.332 e. The minimum Gasteiger partial charge on any atom is -0.490 e. The van der Waals surface area contributed by atoms with Crippen molar-refractivity contribution in [2.45, 2.75) is 58.7 Å². The number of aromatic nitrogens is 4. The van der Waals surface area contributed by atoms with E-state index in [1.54, 1.807) is 16.7 Å². The molecular weight excluding hydrogens is 473 g/mol. The maximum atomic E-state index is 13.6. The molecule has 0 radical (unpaired) electrons. The molecule has 3 heterocycles. The topological polar surface area (TPSA) is 85.2 Å². The molecule has 8 nitrogen and oxygen atoms in total. The van der Waals surface area contributed by atoms with Crippen molar-refractivity contribution in [2.75, 3.05) is 18.0 Å². The zero-order valence-corrected chi connectivity index (χ0v) is 21.2. The molecule has 0 aliphatic carbocycles. The van der Waals surface area contributed by atoms with Gasteiger partial charge in [-0.1, -0.05) is 19.9 Å². The fraction of sp³-hybridized carbons (Fsp3) is 0.393. The number of benzene rings is 2. The van der Waals surface area contributed by atoms with Gasteiger partial charge in [-0.2, -0.15) is 0 Å². The molecule has 0 spiro atoms. The van der Waals surface area contributed by atoms with E-state index in [-0.39, 0.29) is 23.2 Å². The van der Waals surface area contributed by atoms with E-state index in [2.05, 4.69) is 14.9 Å². The van der Waals surface area contributed by atoms with Gasteiger partial charge in [0, 0.05) is 50.3 Å². The van der Waals surface area contributed by atoms with Crippen molar-refractivity contribution in [1.82, 2.24) is 19.1 Å². The van der Waals surface area contributed by atoms with E-state index in [9.17, 15) is 14.0 Å². The van der Waals surface area contributed by atoms with Crippen LogP contribution < -0.4 is 20.9 Å². The third-order valence-electron chi connectivity index (χ3n) is 6.80. The van der Waals surface area contributed by atoms with Gasteiger partial charge in [0.25, 0.3) is 5.56 Å². The number of aromatic amines is 1. The van der Waals surface area contributed by atoms with E-state index in [0.29, 0.717) is 36.5 Å². The molecule has 1 N–H and O–H groups in total. The second kappa shape index (κ2) is 10.6. The van der Waals surface area contributed by atoms with Gasteiger partial charge in [-0.15, -0.1) is 0 Å². The second-order valence-corrected chi connectivity index (χ2v) is 9.48. The highest BCUT2D eigenvalue weighted by atomic mass is 19.1. The summed E-state index contributed by atoms with van der Waals surface area (Å²) in [7, 11) is 0. The minimum absolute atomic E-state index is 0.0855. The third-order valence-corrected chi connectivity index (χ3v) is 6.80. The van der Waals surface area contributed by atoms with Crippen molar-refractivity contribution < 1.29 is 9.13 Å². The highest BCUT2D eigenvalue weighted by Crippen LogP contribution is 2.26. The zero-order chi connectivity index (χ0) is 25.9. The van der Waals surface area contributed by atoms with Crippen LogP contribution in [0.4, 0.5) is 10.1 Å². The first-order chi connectivity index (χ1) is 18.0. The van der Waals surface area contributed by atoms with Crippen molar-refractivity contribution in [1.29, 1.82) is 0 Å². The number of rotatable bonds is 8. The number of aryl methyl sites for hydroxylation is 1. The van der Waals surface area contributed by atoms with Gasteiger partial charge >= 0.3 is 5.69 Å². The number of halogens is 1. The van der Waals surface area contributed by atoms with Crippen LogP contribution in [0.3, 0.4) is 0 Å². The molecule has 9 heteroatoms. The molecule has 5 rings (SSSR count). The molecule has 0 unspecified atom stereocenters. The number of piperidine rings is 1. The van der Waals surface area contributed by atoms with Gasteiger partial charge in [-0.05, 0) is 55.3 Å². The maximum absolute atomic E-state index is 13.6. The van der Waals surface area contributed by atoms with Crippen LogP contribution in [-0.4, -0.2) is 38.3 Å². The van der Waals surface area contributed by atoms with Gasteiger partial charge in [0.1, 0.15) is 29.0 Å². The van der Waals surface area contributed by atoms with Crippen LogP contribution in [0.2, 0.25) is 0 Å². The summed E-state index contributed by atoms with van der Waals surface area (Å²) in [6, 6.07) is 14.3. The summed E-state index contributed by atoms with van der Waals surface area (Å²) in [5, 5.41) is 0. The first-order valence-corrected chi connectivity index (χ1v) is 13.0. The Morgan fingerprint density at radius 2 is 1.70 bits per heavy atom. The normalized spacial score (nSPS) is 14.4. The Kier molecular flexibility index (Phi) is 7.12. The van der Waals surface area contributed by atoms with E-state index in [1.165, 1.54) is 10.6 Å². The van der Waals surface area contributed by atoms with Gasteiger partial charge < -0.3 is 14.6 Å². The number of anilines is 1. The number of hydrogen-bond acceptors (Lipinski definition) is 5. The SMILES string of the molecule is CCCn1c(=O)c2[nH]c(-c3ccc(OC4CCN(c5cccc(F)c5)CC4)cc3)nc2n(CCC)c1=O. The van der Waals surface area contributed by atoms with Crippen LogP contribution in [0.15, 0.2) is 58.1 Å². The van der Waals surface area contributed by atoms with Gasteiger partial charge in [-0.25, -0.2) is 14.2 Å². The van der Waals surface area contributed by atoms with Crippen LogP contribution in [0.25, 0.3) is 22.6 Å². The fourth-order valence-corrected chi connectivity index (χ4v) is 4.94. The molecule has 2 aromatic heterocycles. The molecule has 1 saturated heterocycles. The Bertz CT molecular complexity index is 1500. The molecule has 4 aromatic rings. The Balaban J connectivity index is 1.31. The van der Waals surface area contributed by atoms with Crippen molar-refractivity contribution in [3.63, 3.8) is 0 Å². The van der Waals surface area contributed by atoms with Gasteiger partial charge in [-0.3, -0.25) is 13.9 Å². The number of hydrogen-bond donors (Lipinski definition) is 1. The van der Waals surface area contributed by atoms with Crippen LogP contribution in [0.5, 0.6) is 5.75 Å². The predicted octanol–water partition coefficient (Wildman–Crippen LogP) is 4.56. The monoisotopic (exact) mass is 505 g/mol. The van der Waals surface area contributed by atoms with Crippen molar-refractivity contribution >= 4 is 16.9 Å². The summed E-state index contributed by atoms with van der Waals surface area (Å²) in [6.07, 6.45) is 3.23. The van der Waals surface area contributed by atoms with E-state index >= 15 is 0 Å². The number of H-pyrrole nitrogens is 1. The summed E-state index contributed by atoms with van der Waals surface area (Å²) < 4.78 is 22.6. The first-order valence-electron chi connectivity index (χ1n) is 13.0. The molecule has 1 fully saturated rings. The lowest BCUT2D eigenvalue weighted by atomic mass is 10.1. The zero-order valence-electron chi connectivity index (χ0n) is 21.2. The standard InChI is InChI=1S/C28H32FN5O3/c1-3-14-33-26-24(27(35)34(15-4-2)28(33)36)30-25(31-26)19-8-10-22(11-9-19)37-23-12-16-32(17-13-23)21-7-5-6-20(29)18-21/h5-11,18,23H,3-4,12-17H2,1-2H3,(H,30,31). The number of fused-ring (bicyclic) bond motifs is 1. The van der Waals surface area contributed by atoms with Gasteiger partial charge in [0.15, 0.2) is 5.65 Å². The number of ether oxygens (including phenoxy) is 1. The summed E-state index contributed by atoms with van der Waals surface area (Å²) in [4.78, 5) is 35.9. The van der Waals surface area contributed by atoms with Crippen molar-refractivity contribution in [3.05, 3.63) is 75.2 Å². The van der Waals surface area contributed by atoms with E-state index < -0.39 is 0 Å². The molecule has 2 aromatic carbocycles. The quantitative estimate of drug-likeness (QED) is 0.380. The lowest BCUT2D eigenvalue weighted by Crippen LogP contribution is -2.40. The predicted molar refractivity (Wildman–Crippen MR) is 143 cm³/mol. The summed E-state index contributed by atoms with van der Waals surface area (Å²) in [5.41, 5.74) is 1.80. The second-order valence-electron chi connectivity index (χ2n) is 9.48. The van der Waals surface area contributed by atoms with Crippen LogP contribution in [-0.2, 0) is 13.1 Å². The molecular formula is C28H32FN5O3. The average Bonchev–Trinajstić information content (AvgIpc) is 3.36. The fourth-order valence-electron chi connectivity index (χ4n) is 4.94. The van der Waals surface area contributed by atoms with Gasteiger partial charge in [0.2, 0.25) is 0 Å². The summed E-state index contributed by atoms with van der Waals surface area (Å²) >= 11 is 0. The Morgan fingerprint density at radius 1 is 1.00 bits per heavy atom. The highest BCUT2D eigenvalue weighted by molar-refractivity contribution is 5.75. The van der Waals surface area contributed by atoms with Crippen molar-refractivity contribution in [2.24, 2.45) is 0 Å². The Hall–Kier alpha value is -3.88. The van der Waals surface area contributed by atoms with Crippen molar-refractivity contribution in [3.8, 4) is 17.1 Å². The molecule has 0 saturated carbocycles. The summed E-state index contributed by atoms with van der Waals surface area (Å²) in [5.74, 6) is 1.08. The minimum atomic E-state index is -0.336. The number of imidazole rings is 1. The first kappa shape index (κ1) is 24.8. The molecule has 1 aliphatic heterocycles. The van der Waals surface area contributed by atoms with E-state index in [4.69, 9.17) is 4.74 Å². The molecule has 0 bridgehead atoms. The van der Waals surface area contributed by atoms with Crippen LogP contribution in [0.1, 0.15) is 39.5 Å². The lowest BCUT2D eigenvalue weighted by Gasteiger charge is -2.33. The molecule has 0 atom stereocenters. The van der Waals surface area contributed by atoms with Crippen LogP contribution in [0, 0.1) is 5.82 Å². The Morgan fingerprint density at radius 3 is 2.38 bits per heavy atom. The highest BCUT2D eigenvalue weighted by Gasteiger charge is 2.22. The third kappa shape index (κ3) is 5.03. The number of nitrogens with one attached hydrogen (secondary N) is 1. The van der Waals surface area contributed by atoms with E-state index in [0.717, 1.165) is 49.4 Å².